The van der Waals surface area contributed by atoms with E-state index in [1.807, 2.05) is 0 Å². The third-order valence-corrected chi connectivity index (χ3v) is 1.95. The number of hydrogen-bond donors (Lipinski definition) is 1. The van der Waals surface area contributed by atoms with Crippen molar-refractivity contribution >= 4 is 6.09 Å². The minimum atomic E-state index is -0.532. The third-order valence-electron chi connectivity index (χ3n) is 1.95. The predicted molar refractivity (Wildman–Crippen MR) is 62.0 cm³/mol. The molecule has 0 aliphatic heterocycles. The zero-order chi connectivity index (χ0) is 13.1. The molecule has 0 aliphatic rings. The number of halogens is 1. The van der Waals surface area contributed by atoms with Crippen molar-refractivity contribution in [2.24, 2.45) is 0 Å². The van der Waals surface area contributed by atoms with Crippen LogP contribution in [0.3, 0.4) is 0 Å². The smallest absolute Gasteiger partial charge is 0.407 e. The van der Waals surface area contributed by atoms with Crippen LogP contribution in [0.25, 0.3) is 0 Å². The fraction of sp³-hybridized carbons (Fsp3) is 0.500. The van der Waals surface area contributed by atoms with Crippen LogP contribution in [0.4, 0.5) is 9.18 Å². The number of nitrogens with zero attached hydrogens (tertiary/aromatic N) is 1. The highest BCUT2D eigenvalue weighted by molar-refractivity contribution is 5.67. The first-order chi connectivity index (χ1) is 7.78. The summed E-state index contributed by atoms with van der Waals surface area (Å²) in [6.07, 6.45) is 0.613. The van der Waals surface area contributed by atoms with Crippen molar-refractivity contribution < 1.29 is 13.9 Å². The van der Waals surface area contributed by atoms with Crippen LogP contribution >= 0.6 is 0 Å². The molecule has 17 heavy (non-hydrogen) atoms. The molecule has 0 fully saturated rings. The fourth-order valence-electron chi connectivity index (χ4n) is 1.22. The molecule has 0 unspecified atom stereocenters. The normalized spacial score (nSPS) is 11.1. The molecule has 1 heterocycles. The fourth-order valence-corrected chi connectivity index (χ4v) is 1.22. The van der Waals surface area contributed by atoms with E-state index in [9.17, 15) is 9.18 Å². The highest BCUT2D eigenvalue weighted by Gasteiger charge is 2.16. The summed E-state index contributed by atoms with van der Waals surface area (Å²) >= 11 is 0. The number of pyridine rings is 1. The molecule has 0 atom stereocenters. The molecule has 0 aliphatic carbocycles. The topological polar surface area (TPSA) is 51.2 Å². The number of carbonyl (C=O) groups excluding carboxylic acids is 1. The second-order valence-corrected chi connectivity index (χ2v) is 4.77. The minimum absolute atomic E-state index is 0.223. The van der Waals surface area contributed by atoms with Gasteiger partial charge in [-0.3, -0.25) is 4.98 Å². The van der Waals surface area contributed by atoms with Crippen LogP contribution in [0.15, 0.2) is 12.3 Å². The van der Waals surface area contributed by atoms with E-state index in [0.29, 0.717) is 11.3 Å². The first kappa shape index (κ1) is 13.4. The molecule has 0 aromatic carbocycles. The molecule has 1 amide bonds. The van der Waals surface area contributed by atoms with E-state index in [0.717, 1.165) is 6.20 Å². The van der Waals surface area contributed by atoms with Gasteiger partial charge in [-0.15, -0.1) is 0 Å². The number of rotatable bonds is 2. The summed E-state index contributed by atoms with van der Waals surface area (Å²) < 4.78 is 17.9. The van der Waals surface area contributed by atoms with Gasteiger partial charge in [-0.05, 0) is 39.3 Å². The van der Waals surface area contributed by atoms with Crippen molar-refractivity contribution in [1.29, 1.82) is 0 Å². The van der Waals surface area contributed by atoms with Gasteiger partial charge >= 0.3 is 6.09 Å². The second kappa shape index (κ2) is 5.12. The standard InChI is InChI=1S/C12H17FN2O2/c1-8-5-9(13)6-14-10(8)7-15-11(16)17-12(2,3)4/h5-6H,7H2,1-4H3,(H,15,16). The summed E-state index contributed by atoms with van der Waals surface area (Å²) in [6.45, 7) is 7.32. The zero-order valence-electron chi connectivity index (χ0n) is 10.5. The van der Waals surface area contributed by atoms with Gasteiger partial charge in [0.2, 0.25) is 0 Å². The first-order valence-corrected chi connectivity index (χ1v) is 5.36. The van der Waals surface area contributed by atoms with E-state index in [2.05, 4.69) is 10.3 Å². The molecule has 0 bridgehead atoms. The number of hydrogen-bond acceptors (Lipinski definition) is 3. The SMILES string of the molecule is Cc1cc(F)cnc1CNC(=O)OC(C)(C)C. The summed E-state index contributed by atoms with van der Waals surface area (Å²) in [6, 6.07) is 1.37. The Bertz CT molecular complexity index is 413. The molecule has 5 heteroatoms. The number of nitrogens with one attached hydrogen (secondary N) is 1. The quantitative estimate of drug-likeness (QED) is 0.864. The Balaban J connectivity index is 2.53. The Morgan fingerprint density at radius 3 is 2.71 bits per heavy atom. The maximum atomic E-state index is 12.8. The van der Waals surface area contributed by atoms with Gasteiger partial charge in [0.1, 0.15) is 11.4 Å². The number of aryl methyl sites for hydroxylation is 1. The maximum absolute atomic E-state index is 12.8. The molecule has 4 nitrogen and oxygen atoms in total. The van der Waals surface area contributed by atoms with Crippen molar-refractivity contribution in [3.8, 4) is 0 Å². The number of alkyl carbamates (subject to hydrolysis) is 1. The molecule has 1 aromatic rings. The monoisotopic (exact) mass is 240 g/mol. The predicted octanol–water partition coefficient (Wildman–Crippen LogP) is 2.55. The van der Waals surface area contributed by atoms with Crippen molar-refractivity contribution in [3.05, 3.63) is 29.3 Å². The van der Waals surface area contributed by atoms with Gasteiger partial charge in [-0.25, -0.2) is 9.18 Å². The van der Waals surface area contributed by atoms with Crippen LogP contribution in [-0.4, -0.2) is 16.7 Å². The lowest BCUT2D eigenvalue weighted by atomic mass is 10.2. The number of carbonyl (C=O) groups is 1. The largest absolute Gasteiger partial charge is 0.444 e. The van der Waals surface area contributed by atoms with E-state index in [4.69, 9.17) is 4.74 Å². The molecule has 1 aromatic heterocycles. The maximum Gasteiger partial charge on any atom is 0.407 e. The van der Waals surface area contributed by atoms with Gasteiger partial charge in [0, 0.05) is 0 Å². The van der Waals surface area contributed by atoms with Crippen LogP contribution < -0.4 is 5.32 Å². The Hall–Kier alpha value is -1.65. The summed E-state index contributed by atoms with van der Waals surface area (Å²) in [5.41, 5.74) is 0.785. The molecule has 1 N–H and O–H groups in total. The van der Waals surface area contributed by atoms with E-state index in [1.165, 1.54) is 6.07 Å². The third kappa shape index (κ3) is 4.80. The number of aromatic nitrogens is 1. The Labute approximate surface area is 100 Å². The van der Waals surface area contributed by atoms with Crippen LogP contribution in [0.1, 0.15) is 32.0 Å². The lowest BCUT2D eigenvalue weighted by Gasteiger charge is -2.19. The van der Waals surface area contributed by atoms with Crippen LogP contribution in [0, 0.1) is 12.7 Å². The van der Waals surface area contributed by atoms with Crippen molar-refractivity contribution in [2.75, 3.05) is 0 Å². The molecule has 1 rings (SSSR count). The van der Waals surface area contributed by atoms with Gasteiger partial charge in [0.25, 0.3) is 0 Å². The molecule has 0 radical (unpaired) electrons. The van der Waals surface area contributed by atoms with Crippen LogP contribution in [0.5, 0.6) is 0 Å². The molecular formula is C12H17FN2O2. The highest BCUT2D eigenvalue weighted by Crippen LogP contribution is 2.08. The summed E-state index contributed by atoms with van der Waals surface area (Å²) in [5.74, 6) is -0.386. The van der Waals surface area contributed by atoms with Crippen LogP contribution in [-0.2, 0) is 11.3 Å². The first-order valence-electron chi connectivity index (χ1n) is 5.36. The zero-order valence-corrected chi connectivity index (χ0v) is 10.5. The van der Waals surface area contributed by atoms with E-state index >= 15 is 0 Å². The van der Waals surface area contributed by atoms with E-state index in [-0.39, 0.29) is 12.4 Å². The van der Waals surface area contributed by atoms with E-state index in [1.54, 1.807) is 27.7 Å². The summed E-state index contributed by atoms with van der Waals surface area (Å²) in [5, 5.41) is 2.57. The molecule has 0 saturated carbocycles. The minimum Gasteiger partial charge on any atom is -0.444 e. The Morgan fingerprint density at radius 2 is 2.18 bits per heavy atom. The summed E-state index contributed by atoms with van der Waals surface area (Å²) in [4.78, 5) is 15.3. The molecule has 0 spiro atoms. The summed E-state index contributed by atoms with van der Waals surface area (Å²) in [7, 11) is 0. The molecular weight excluding hydrogens is 223 g/mol. The van der Waals surface area contributed by atoms with Gasteiger partial charge in [-0.1, -0.05) is 0 Å². The second-order valence-electron chi connectivity index (χ2n) is 4.77. The highest BCUT2D eigenvalue weighted by atomic mass is 19.1. The average Bonchev–Trinajstić information content (AvgIpc) is 2.13. The lowest BCUT2D eigenvalue weighted by Crippen LogP contribution is -2.32. The molecule has 0 saturated heterocycles. The van der Waals surface area contributed by atoms with Crippen molar-refractivity contribution in [3.63, 3.8) is 0 Å². The average molecular weight is 240 g/mol. The number of ether oxygens (including phenoxy) is 1. The van der Waals surface area contributed by atoms with Crippen LogP contribution in [0.2, 0.25) is 0 Å². The molecule has 94 valence electrons. The van der Waals surface area contributed by atoms with Gasteiger partial charge in [-0.2, -0.15) is 0 Å². The van der Waals surface area contributed by atoms with Gasteiger partial charge in [0.05, 0.1) is 18.4 Å². The lowest BCUT2D eigenvalue weighted by molar-refractivity contribution is 0.0523. The Kier molecular flexibility index (Phi) is 4.04. The van der Waals surface area contributed by atoms with Crippen molar-refractivity contribution in [1.82, 2.24) is 10.3 Å². The van der Waals surface area contributed by atoms with Crippen molar-refractivity contribution in [2.45, 2.75) is 39.8 Å². The van der Waals surface area contributed by atoms with Gasteiger partial charge in [0.15, 0.2) is 0 Å². The number of amides is 1. The Morgan fingerprint density at radius 1 is 1.53 bits per heavy atom. The van der Waals surface area contributed by atoms with Gasteiger partial charge < -0.3 is 10.1 Å². The van der Waals surface area contributed by atoms with E-state index < -0.39 is 11.7 Å².